The summed E-state index contributed by atoms with van der Waals surface area (Å²) in [6.07, 6.45) is 0. The van der Waals surface area contributed by atoms with Crippen molar-refractivity contribution in [1.82, 2.24) is 4.31 Å². The van der Waals surface area contributed by atoms with Crippen molar-refractivity contribution in [3.05, 3.63) is 46.5 Å². The molecular formula is C20H25ClN2O4S. The van der Waals surface area contributed by atoms with Gasteiger partial charge >= 0.3 is 0 Å². The maximum atomic E-state index is 13.2. The highest BCUT2D eigenvalue weighted by atomic mass is 35.5. The first-order valence-corrected chi connectivity index (χ1v) is 10.8. The Morgan fingerprint density at radius 2 is 1.57 bits per heavy atom. The van der Waals surface area contributed by atoms with E-state index in [9.17, 15) is 8.42 Å². The van der Waals surface area contributed by atoms with Crippen LogP contribution in [0.2, 0.25) is 5.02 Å². The van der Waals surface area contributed by atoms with E-state index in [-0.39, 0.29) is 10.6 Å². The van der Waals surface area contributed by atoms with Crippen LogP contribution in [-0.2, 0) is 10.0 Å². The highest BCUT2D eigenvalue weighted by Gasteiger charge is 2.32. The fourth-order valence-electron chi connectivity index (χ4n) is 3.40. The average molecular weight is 425 g/mol. The summed E-state index contributed by atoms with van der Waals surface area (Å²) in [7, 11) is -0.857. The van der Waals surface area contributed by atoms with Gasteiger partial charge in [0.15, 0.2) is 0 Å². The molecule has 0 aromatic heterocycles. The lowest BCUT2D eigenvalue weighted by Crippen LogP contribution is -2.48. The normalized spacial score (nSPS) is 15.5. The number of hydrogen-bond donors (Lipinski definition) is 0. The van der Waals surface area contributed by atoms with Crippen LogP contribution in [0.3, 0.4) is 0 Å². The Labute approximate surface area is 171 Å². The van der Waals surface area contributed by atoms with Crippen LogP contribution in [0.1, 0.15) is 11.1 Å². The molecule has 3 rings (SSSR count). The first-order chi connectivity index (χ1) is 13.3. The summed E-state index contributed by atoms with van der Waals surface area (Å²) in [5.41, 5.74) is 3.53. The van der Waals surface area contributed by atoms with Crippen LogP contribution in [0, 0.1) is 13.8 Å². The second-order valence-corrected chi connectivity index (χ2v) is 9.13. The van der Waals surface area contributed by atoms with E-state index in [1.807, 2.05) is 0 Å². The second-order valence-electron chi connectivity index (χ2n) is 6.82. The van der Waals surface area contributed by atoms with Crippen molar-refractivity contribution in [2.24, 2.45) is 0 Å². The summed E-state index contributed by atoms with van der Waals surface area (Å²) < 4.78 is 38.4. The molecule has 2 aromatic rings. The number of benzene rings is 2. The number of sulfonamides is 1. The summed E-state index contributed by atoms with van der Waals surface area (Å²) in [5.74, 6) is 0.512. The lowest BCUT2D eigenvalue weighted by atomic mass is 10.1. The fraction of sp³-hybridized carbons (Fsp3) is 0.400. The molecule has 0 saturated carbocycles. The second kappa shape index (κ2) is 8.19. The lowest BCUT2D eigenvalue weighted by Gasteiger charge is -2.36. The van der Waals surface area contributed by atoms with Gasteiger partial charge in [-0.15, -0.1) is 0 Å². The summed E-state index contributed by atoms with van der Waals surface area (Å²) in [6.45, 7) is 6.16. The van der Waals surface area contributed by atoms with Crippen LogP contribution in [0.4, 0.5) is 5.69 Å². The largest absolute Gasteiger partial charge is 0.495 e. The smallest absolute Gasteiger partial charge is 0.247 e. The van der Waals surface area contributed by atoms with Crippen LogP contribution in [-0.4, -0.2) is 53.1 Å². The van der Waals surface area contributed by atoms with Crippen molar-refractivity contribution in [3.63, 3.8) is 0 Å². The number of piperazine rings is 1. The highest BCUT2D eigenvalue weighted by Crippen LogP contribution is 2.36. The fourth-order valence-corrected chi connectivity index (χ4v) is 5.21. The van der Waals surface area contributed by atoms with Crippen LogP contribution < -0.4 is 14.4 Å². The summed E-state index contributed by atoms with van der Waals surface area (Å²) in [5, 5.41) is 0.304. The topological polar surface area (TPSA) is 59.1 Å². The zero-order valence-electron chi connectivity index (χ0n) is 16.5. The SMILES string of the molecule is COc1cc(S(=O)(=O)N2CCN(c3cc(C)ccc3C)CC2)c(OC)cc1Cl. The number of ether oxygens (including phenoxy) is 2. The minimum Gasteiger partial charge on any atom is -0.495 e. The third kappa shape index (κ3) is 3.92. The van der Waals surface area contributed by atoms with Crippen molar-refractivity contribution in [2.45, 2.75) is 18.7 Å². The molecule has 0 atom stereocenters. The zero-order valence-corrected chi connectivity index (χ0v) is 18.1. The number of halogens is 1. The van der Waals surface area contributed by atoms with E-state index in [1.54, 1.807) is 0 Å². The van der Waals surface area contributed by atoms with Gasteiger partial charge in [0.2, 0.25) is 10.0 Å². The molecule has 0 spiro atoms. The zero-order chi connectivity index (χ0) is 20.5. The Hall–Kier alpha value is -1.96. The molecule has 0 N–H and O–H groups in total. The van der Waals surface area contributed by atoms with E-state index in [2.05, 4.69) is 36.9 Å². The van der Waals surface area contributed by atoms with Gasteiger partial charge < -0.3 is 14.4 Å². The number of anilines is 1. The van der Waals surface area contributed by atoms with E-state index >= 15 is 0 Å². The van der Waals surface area contributed by atoms with Crippen LogP contribution in [0.15, 0.2) is 35.2 Å². The number of hydrogen-bond acceptors (Lipinski definition) is 5. The van der Waals surface area contributed by atoms with Gasteiger partial charge in [-0.05, 0) is 31.0 Å². The van der Waals surface area contributed by atoms with Gasteiger partial charge in [-0.2, -0.15) is 4.31 Å². The van der Waals surface area contributed by atoms with Crippen LogP contribution in [0.25, 0.3) is 0 Å². The molecule has 1 aliphatic heterocycles. The first-order valence-electron chi connectivity index (χ1n) is 9.02. The number of rotatable bonds is 5. The molecule has 0 amide bonds. The van der Waals surface area contributed by atoms with E-state index in [0.29, 0.717) is 37.0 Å². The van der Waals surface area contributed by atoms with Crippen molar-refractivity contribution in [3.8, 4) is 11.5 Å². The maximum absolute atomic E-state index is 13.2. The maximum Gasteiger partial charge on any atom is 0.247 e. The van der Waals surface area contributed by atoms with Gasteiger partial charge in [0.05, 0.1) is 19.2 Å². The minimum absolute atomic E-state index is 0.0661. The Morgan fingerprint density at radius 3 is 2.18 bits per heavy atom. The molecule has 0 aliphatic carbocycles. The monoisotopic (exact) mass is 424 g/mol. The highest BCUT2D eigenvalue weighted by molar-refractivity contribution is 7.89. The van der Waals surface area contributed by atoms with Crippen LogP contribution >= 0.6 is 11.6 Å². The minimum atomic E-state index is -3.74. The molecule has 1 saturated heterocycles. The van der Waals surface area contributed by atoms with E-state index in [1.165, 1.54) is 41.8 Å². The quantitative estimate of drug-likeness (QED) is 0.735. The Kier molecular flexibility index (Phi) is 6.07. The predicted octanol–water partition coefficient (Wildman–Crippen LogP) is 3.48. The molecule has 0 bridgehead atoms. The first kappa shape index (κ1) is 20.8. The number of aryl methyl sites for hydroxylation is 2. The third-order valence-electron chi connectivity index (χ3n) is 5.00. The molecule has 0 radical (unpaired) electrons. The van der Waals surface area contributed by atoms with Crippen molar-refractivity contribution in [1.29, 1.82) is 0 Å². The van der Waals surface area contributed by atoms with Gasteiger partial charge in [-0.3, -0.25) is 0 Å². The standard InChI is InChI=1S/C20H25ClN2O4S/c1-14-5-6-15(2)17(11-14)22-7-9-23(10-8-22)28(24,25)20-13-18(26-3)16(21)12-19(20)27-4/h5-6,11-13H,7-10H2,1-4H3. The van der Waals surface area contributed by atoms with Crippen LogP contribution in [0.5, 0.6) is 11.5 Å². The molecule has 2 aromatic carbocycles. The number of nitrogens with zero attached hydrogens (tertiary/aromatic N) is 2. The average Bonchev–Trinajstić information content (AvgIpc) is 2.69. The van der Waals surface area contributed by atoms with Gasteiger partial charge in [-0.1, -0.05) is 23.7 Å². The lowest BCUT2D eigenvalue weighted by molar-refractivity contribution is 0.371. The summed E-state index contributed by atoms with van der Waals surface area (Å²) in [6, 6.07) is 9.22. The molecule has 6 nitrogen and oxygen atoms in total. The van der Waals surface area contributed by atoms with Crippen molar-refractivity contribution < 1.29 is 17.9 Å². The van der Waals surface area contributed by atoms with Gasteiger partial charge in [0.1, 0.15) is 16.4 Å². The molecule has 0 unspecified atom stereocenters. The van der Waals surface area contributed by atoms with Gasteiger partial charge in [-0.25, -0.2) is 8.42 Å². The molecule has 152 valence electrons. The molecular weight excluding hydrogens is 400 g/mol. The molecule has 1 fully saturated rings. The Balaban J connectivity index is 1.85. The molecule has 28 heavy (non-hydrogen) atoms. The molecule has 1 heterocycles. The Bertz CT molecular complexity index is 970. The third-order valence-corrected chi connectivity index (χ3v) is 7.22. The van der Waals surface area contributed by atoms with Crippen molar-refractivity contribution in [2.75, 3.05) is 45.3 Å². The number of methoxy groups -OCH3 is 2. The predicted molar refractivity (Wildman–Crippen MR) is 111 cm³/mol. The van der Waals surface area contributed by atoms with Gasteiger partial charge in [0, 0.05) is 44.0 Å². The van der Waals surface area contributed by atoms with E-state index < -0.39 is 10.0 Å². The van der Waals surface area contributed by atoms with E-state index in [4.69, 9.17) is 21.1 Å². The summed E-state index contributed by atoms with van der Waals surface area (Å²) in [4.78, 5) is 2.30. The molecule has 1 aliphatic rings. The Morgan fingerprint density at radius 1 is 0.929 bits per heavy atom. The van der Waals surface area contributed by atoms with Crippen molar-refractivity contribution >= 4 is 27.3 Å². The van der Waals surface area contributed by atoms with Gasteiger partial charge in [0.25, 0.3) is 0 Å². The molecule has 8 heteroatoms. The van der Waals surface area contributed by atoms with E-state index in [0.717, 1.165) is 5.69 Å². The summed E-state index contributed by atoms with van der Waals surface area (Å²) >= 11 is 6.11.